The molecule has 0 aliphatic heterocycles. The molecule has 0 saturated heterocycles. The molecule has 0 atom stereocenters. The summed E-state index contributed by atoms with van der Waals surface area (Å²) in [5, 5.41) is 10.9. The average molecular weight is 339 g/mol. The molecule has 0 N–H and O–H groups in total. The second-order valence-electron chi connectivity index (χ2n) is 5.64. The van der Waals surface area contributed by atoms with E-state index >= 15 is 0 Å². The number of ketones is 1. The summed E-state index contributed by atoms with van der Waals surface area (Å²) in [6, 6.07) is 8.38. The van der Waals surface area contributed by atoms with E-state index in [1.54, 1.807) is 30.3 Å². The van der Waals surface area contributed by atoms with Gasteiger partial charge in [0.15, 0.2) is 6.61 Å². The van der Waals surface area contributed by atoms with E-state index in [2.05, 4.69) is 15.5 Å². The number of hydrogen-bond donors (Lipinski definition) is 0. The van der Waals surface area contributed by atoms with Gasteiger partial charge < -0.3 is 9.30 Å². The third kappa shape index (κ3) is 3.32. The fraction of sp³-hybridized carbons (Fsp3) is 0.235. The lowest BCUT2D eigenvalue weighted by atomic mass is 10.1. The molecule has 0 fully saturated rings. The van der Waals surface area contributed by atoms with Gasteiger partial charge in [0.2, 0.25) is 5.78 Å². The van der Waals surface area contributed by atoms with Crippen LogP contribution in [-0.2, 0) is 11.8 Å². The summed E-state index contributed by atoms with van der Waals surface area (Å²) < 4.78 is 8.53. The number of benzene rings is 1. The van der Waals surface area contributed by atoms with E-state index in [1.807, 2.05) is 25.5 Å². The van der Waals surface area contributed by atoms with Gasteiger partial charge in [0.25, 0.3) is 0 Å². The second-order valence-corrected chi connectivity index (χ2v) is 5.64. The number of nitrogens with zero attached hydrogens (tertiary/aromatic N) is 5. The summed E-state index contributed by atoms with van der Waals surface area (Å²) in [6.07, 6.45) is 1.45. The van der Waals surface area contributed by atoms with E-state index in [4.69, 9.17) is 4.74 Å². The van der Waals surface area contributed by atoms with Crippen molar-refractivity contribution in [2.75, 3.05) is 6.61 Å². The maximum Gasteiger partial charge on any atom is 0.338 e. The summed E-state index contributed by atoms with van der Waals surface area (Å²) in [4.78, 5) is 24.4. The minimum Gasteiger partial charge on any atom is -0.454 e. The first kappa shape index (κ1) is 16.6. The molecule has 0 spiro atoms. The van der Waals surface area contributed by atoms with Gasteiger partial charge in [0.05, 0.1) is 11.3 Å². The number of Topliss-reactive ketones (excluding diaryl/α,β-unsaturated/α-hetero) is 1. The molecule has 8 nitrogen and oxygen atoms in total. The molecule has 0 amide bonds. The first-order chi connectivity index (χ1) is 12.0. The Morgan fingerprint density at radius 3 is 2.44 bits per heavy atom. The Bertz CT molecular complexity index is 911. The molecule has 0 aliphatic carbocycles. The first-order valence-electron chi connectivity index (χ1n) is 7.64. The number of carbonyl (C=O) groups excluding carboxylic acids is 2. The minimum absolute atomic E-state index is 0.222. The predicted molar refractivity (Wildman–Crippen MR) is 88.7 cm³/mol. The molecule has 3 aromatic rings. The maximum absolute atomic E-state index is 12.3. The monoisotopic (exact) mass is 339 g/mol. The normalized spacial score (nSPS) is 10.7. The van der Waals surface area contributed by atoms with Crippen molar-refractivity contribution >= 4 is 11.8 Å². The minimum atomic E-state index is -0.554. The fourth-order valence-corrected chi connectivity index (χ4v) is 2.46. The van der Waals surface area contributed by atoms with E-state index < -0.39 is 5.97 Å². The van der Waals surface area contributed by atoms with Crippen molar-refractivity contribution in [3.8, 4) is 5.69 Å². The van der Waals surface area contributed by atoms with Crippen LogP contribution in [0.15, 0.2) is 36.7 Å². The number of rotatable bonds is 5. The first-order valence-corrected chi connectivity index (χ1v) is 7.64. The van der Waals surface area contributed by atoms with E-state index in [1.165, 1.54) is 11.0 Å². The third-order valence-electron chi connectivity index (χ3n) is 4.13. The van der Waals surface area contributed by atoms with Crippen molar-refractivity contribution in [1.82, 2.24) is 24.8 Å². The van der Waals surface area contributed by atoms with Crippen LogP contribution in [0.2, 0.25) is 0 Å². The molecule has 0 bridgehead atoms. The van der Waals surface area contributed by atoms with Crippen LogP contribution in [0.4, 0.5) is 0 Å². The molecule has 0 aliphatic rings. The van der Waals surface area contributed by atoms with Crippen molar-refractivity contribution < 1.29 is 14.3 Å². The van der Waals surface area contributed by atoms with Gasteiger partial charge in [0, 0.05) is 24.0 Å². The van der Waals surface area contributed by atoms with Crippen LogP contribution >= 0.6 is 0 Å². The number of hydrogen-bond acceptors (Lipinski definition) is 6. The number of aromatic nitrogens is 5. The van der Waals surface area contributed by atoms with Gasteiger partial charge in [0.1, 0.15) is 6.33 Å². The lowest BCUT2D eigenvalue weighted by molar-refractivity contribution is 0.0474. The van der Waals surface area contributed by atoms with Crippen LogP contribution in [0.1, 0.15) is 32.1 Å². The maximum atomic E-state index is 12.3. The van der Waals surface area contributed by atoms with Gasteiger partial charge in [-0.3, -0.25) is 4.79 Å². The van der Waals surface area contributed by atoms with Gasteiger partial charge in [-0.25, -0.2) is 9.48 Å². The molecular weight excluding hydrogens is 322 g/mol. The van der Waals surface area contributed by atoms with Crippen LogP contribution < -0.4 is 0 Å². The van der Waals surface area contributed by atoms with Crippen LogP contribution in [0.3, 0.4) is 0 Å². The Morgan fingerprint density at radius 1 is 1.16 bits per heavy atom. The smallest absolute Gasteiger partial charge is 0.338 e. The molecule has 25 heavy (non-hydrogen) atoms. The van der Waals surface area contributed by atoms with Gasteiger partial charge in [-0.15, -0.1) is 5.10 Å². The lowest BCUT2D eigenvalue weighted by Crippen LogP contribution is -2.15. The van der Waals surface area contributed by atoms with E-state index in [9.17, 15) is 9.59 Å². The molecule has 3 rings (SSSR count). The molecule has 0 radical (unpaired) electrons. The Kier molecular flexibility index (Phi) is 4.42. The average Bonchev–Trinajstić information content (AvgIpc) is 3.24. The predicted octanol–water partition coefficient (Wildman–Crippen LogP) is 1.66. The number of aryl methyl sites for hydroxylation is 1. The molecule has 0 unspecified atom stereocenters. The topological polar surface area (TPSA) is 91.9 Å². The van der Waals surface area contributed by atoms with E-state index in [0.717, 1.165) is 11.4 Å². The fourth-order valence-electron chi connectivity index (χ4n) is 2.46. The van der Waals surface area contributed by atoms with Crippen LogP contribution in [0, 0.1) is 13.8 Å². The molecule has 128 valence electrons. The molecular formula is C17H17N5O3. The summed E-state index contributed by atoms with van der Waals surface area (Å²) >= 11 is 0. The third-order valence-corrected chi connectivity index (χ3v) is 4.13. The standard InChI is InChI=1S/C17H17N5O3/c1-11-8-15(12(2)21(11)3)16(23)9-25-17(24)13-4-6-14(7-5-13)22-10-18-19-20-22/h4-8,10H,9H2,1-3H3. The summed E-state index contributed by atoms with van der Waals surface area (Å²) in [5.41, 5.74) is 3.47. The van der Waals surface area contributed by atoms with Gasteiger partial charge >= 0.3 is 5.97 Å². The quantitative estimate of drug-likeness (QED) is 0.518. The molecule has 1 aromatic carbocycles. The van der Waals surface area contributed by atoms with Crippen molar-refractivity contribution in [3.05, 3.63) is 59.2 Å². The van der Waals surface area contributed by atoms with Crippen molar-refractivity contribution in [2.24, 2.45) is 7.05 Å². The van der Waals surface area contributed by atoms with E-state index in [-0.39, 0.29) is 12.4 Å². The SMILES string of the molecule is Cc1cc(C(=O)COC(=O)c2ccc(-n3cnnn3)cc2)c(C)n1C. The molecule has 0 saturated carbocycles. The van der Waals surface area contributed by atoms with Crippen molar-refractivity contribution in [2.45, 2.75) is 13.8 Å². The summed E-state index contributed by atoms with van der Waals surface area (Å²) in [7, 11) is 1.89. The Morgan fingerprint density at radius 2 is 1.88 bits per heavy atom. The molecule has 8 heteroatoms. The van der Waals surface area contributed by atoms with Gasteiger partial charge in [-0.05, 0) is 54.6 Å². The number of tetrazole rings is 1. The van der Waals surface area contributed by atoms with Gasteiger partial charge in [-0.2, -0.15) is 0 Å². The highest BCUT2D eigenvalue weighted by Gasteiger charge is 2.16. The number of ether oxygens (including phenoxy) is 1. The highest BCUT2D eigenvalue weighted by atomic mass is 16.5. The Labute approximate surface area is 144 Å². The highest BCUT2D eigenvalue weighted by Crippen LogP contribution is 2.14. The number of carbonyl (C=O) groups is 2. The van der Waals surface area contributed by atoms with Crippen LogP contribution in [0.25, 0.3) is 5.69 Å². The largest absolute Gasteiger partial charge is 0.454 e. The Hall–Kier alpha value is -3.29. The zero-order valence-electron chi connectivity index (χ0n) is 14.1. The Balaban J connectivity index is 1.64. The number of esters is 1. The van der Waals surface area contributed by atoms with Crippen LogP contribution in [-0.4, -0.2) is 43.1 Å². The zero-order valence-corrected chi connectivity index (χ0v) is 14.1. The molecule has 2 aromatic heterocycles. The van der Waals surface area contributed by atoms with Gasteiger partial charge in [-0.1, -0.05) is 0 Å². The van der Waals surface area contributed by atoms with E-state index in [0.29, 0.717) is 16.8 Å². The van der Waals surface area contributed by atoms with Crippen molar-refractivity contribution in [3.63, 3.8) is 0 Å². The summed E-state index contributed by atoms with van der Waals surface area (Å²) in [5.74, 6) is -0.776. The zero-order chi connectivity index (χ0) is 18.0. The van der Waals surface area contributed by atoms with Crippen LogP contribution in [0.5, 0.6) is 0 Å². The van der Waals surface area contributed by atoms with Crippen molar-refractivity contribution in [1.29, 1.82) is 0 Å². The summed E-state index contributed by atoms with van der Waals surface area (Å²) in [6.45, 7) is 3.49. The second kappa shape index (κ2) is 6.68. The lowest BCUT2D eigenvalue weighted by Gasteiger charge is -2.06. The highest BCUT2D eigenvalue weighted by molar-refractivity contribution is 6.00. The molecule has 2 heterocycles.